The maximum atomic E-state index is 13.4. The average molecular weight is 541 g/mol. The van der Waals surface area contributed by atoms with E-state index in [9.17, 15) is 12.6 Å². The molecule has 1 saturated heterocycles. The third kappa shape index (κ3) is 5.09. The third-order valence-corrected chi connectivity index (χ3v) is 8.75. The molecule has 10 nitrogen and oxygen atoms in total. The lowest BCUT2D eigenvalue weighted by Gasteiger charge is -2.34. The second-order valence-corrected chi connectivity index (χ2v) is 13.4. The molecule has 0 saturated carbocycles. The maximum Gasteiger partial charge on any atom is 0.269 e. The topological polar surface area (TPSA) is 131 Å². The standard InChI is InChI=1S/C25H28N6O4S2/c1-17-4-6-20(7-5-17)37(33,34)31-11-9-22-21(8-10-27-25(22)31)24-28-19(16-36(3,26)32)14-23(29-24)30-12-13-35-15-18(30)2/h4-11,14,18,26H,12-13,15-16H2,1-3H3/t18-,36-/m1/s1. The Morgan fingerprint density at radius 1 is 1.11 bits per heavy atom. The van der Waals surface area contributed by atoms with Crippen molar-refractivity contribution >= 4 is 36.6 Å². The van der Waals surface area contributed by atoms with Crippen molar-refractivity contribution in [3.63, 3.8) is 0 Å². The van der Waals surface area contributed by atoms with E-state index in [0.29, 0.717) is 48.0 Å². The summed E-state index contributed by atoms with van der Waals surface area (Å²) in [4.78, 5) is 16.1. The number of morpholine rings is 1. The highest BCUT2D eigenvalue weighted by Gasteiger charge is 2.24. The first-order chi connectivity index (χ1) is 17.5. The van der Waals surface area contributed by atoms with Gasteiger partial charge in [-0.15, -0.1) is 0 Å². The Balaban J connectivity index is 1.65. The molecular formula is C25H28N6O4S2. The molecule has 194 valence electrons. The van der Waals surface area contributed by atoms with Crippen LogP contribution in [-0.4, -0.2) is 63.6 Å². The molecule has 2 atom stereocenters. The van der Waals surface area contributed by atoms with E-state index < -0.39 is 19.8 Å². The summed E-state index contributed by atoms with van der Waals surface area (Å²) in [5.74, 6) is 0.981. The molecule has 0 radical (unpaired) electrons. The number of fused-ring (bicyclic) bond motifs is 1. The zero-order chi connectivity index (χ0) is 26.4. The van der Waals surface area contributed by atoms with E-state index in [2.05, 4.69) is 14.9 Å². The number of benzene rings is 1. The molecule has 0 bridgehead atoms. The maximum absolute atomic E-state index is 13.4. The number of aryl methyl sites for hydroxylation is 1. The number of aromatic nitrogens is 4. The van der Waals surface area contributed by atoms with E-state index in [1.165, 1.54) is 18.6 Å². The molecule has 1 aliphatic rings. The second kappa shape index (κ2) is 9.51. The molecule has 0 aliphatic carbocycles. The first-order valence-corrected chi connectivity index (χ1v) is 15.3. The summed E-state index contributed by atoms with van der Waals surface area (Å²) in [7, 11) is -6.73. The molecule has 4 aromatic rings. The number of hydrogen-bond acceptors (Lipinski definition) is 9. The fourth-order valence-corrected chi connectivity index (χ4v) is 6.42. The van der Waals surface area contributed by atoms with Crippen LogP contribution in [0.25, 0.3) is 22.4 Å². The number of nitrogens with zero attached hydrogens (tertiary/aromatic N) is 5. The van der Waals surface area contributed by atoms with Crippen molar-refractivity contribution in [2.24, 2.45) is 0 Å². The Hall–Kier alpha value is -3.35. The lowest BCUT2D eigenvalue weighted by Crippen LogP contribution is -2.44. The lowest BCUT2D eigenvalue weighted by atomic mass is 10.1. The van der Waals surface area contributed by atoms with Crippen LogP contribution < -0.4 is 4.90 Å². The van der Waals surface area contributed by atoms with Gasteiger partial charge < -0.3 is 9.64 Å². The van der Waals surface area contributed by atoms with Crippen molar-refractivity contribution in [1.29, 1.82) is 4.78 Å². The van der Waals surface area contributed by atoms with E-state index in [1.54, 1.807) is 42.5 Å². The van der Waals surface area contributed by atoms with Gasteiger partial charge in [0.2, 0.25) is 0 Å². The number of nitrogens with one attached hydrogen (secondary N) is 1. The van der Waals surface area contributed by atoms with E-state index in [-0.39, 0.29) is 22.3 Å². The van der Waals surface area contributed by atoms with Crippen LogP contribution in [-0.2, 0) is 30.2 Å². The zero-order valence-corrected chi connectivity index (χ0v) is 22.4. The Morgan fingerprint density at radius 3 is 2.57 bits per heavy atom. The van der Waals surface area contributed by atoms with Crippen LogP contribution in [0.15, 0.2) is 59.8 Å². The van der Waals surface area contributed by atoms with Crippen LogP contribution in [0.5, 0.6) is 0 Å². The molecule has 37 heavy (non-hydrogen) atoms. The molecule has 3 aromatic heterocycles. The molecule has 4 heterocycles. The molecule has 1 aromatic carbocycles. The average Bonchev–Trinajstić information content (AvgIpc) is 3.28. The first-order valence-electron chi connectivity index (χ1n) is 11.8. The van der Waals surface area contributed by atoms with Gasteiger partial charge in [0.25, 0.3) is 10.0 Å². The van der Waals surface area contributed by atoms with Gasteiger partial charge in [-0.3, -0.25) is 4.78 Å². The monoisotopic (exact) mass is 540 g/mol. The van der Waals surface area contributed by atoms with Gasteiger partial charge in [-0.25, -0.2) is 31.6 Å². The number of hydrogen-bond donors (Lipinski definition) is 1. The third-order valence-electron chi connectivity index (χ3n) is 6.22. The molecule has 0 amide bonds. The van der Waals surface area contributed by atoms with E-state index in [0.717, 1.165) is 9.54 Å². The molecule has 0 spiro atoms. The van der Waals surface area contributed by atoms with Crippen molar-refractivity contribution in [2.75, 3.05) is 30.9 Å². The van der Waals surface area contributed by atoms with Crippen molar-refractivity contribution in [3.8, 4) is 11.4 Å². The van der Waals surface area contributed by atoms with Gasteiger partial charge >= 0.3 is 0 Å². The van der Waals surface area contributed by atoms with Gasteiger partial charge in [0.15, 0.2) is 11.5 Å². The van der Waals surface area contributed by atoms with Crippen molar-refractivity contribution in [3.05, 3.63) is 66.1 Å². The molecule has 12 heteroatoms. The summed E-state index contributed by atoms with van der Waals surface area (Å²) >= 11 is 0. The van der Waals surface area contributed by atoms with Gasteiger partial charge in [-0.1, -0.05) is 17.7 Å². The predicted octanol–water partition coefficient (Wildman–Crippen LogP) is 3.44. The van der Waals surface area contributed by atoms with Crippen LogP contribution in [0.3, 0.4) is 0 Å². The molecule has 1 N–H and O–H groups in total. The lowest BCUT2D eigenvalue weighted by molar-refractivity contribution is 0.0985. The fourth-order valence-electron chi connectivity index (χ4n) is 4.40. The fraction of sp³-hybridized carbons (Fsp3) is 0.320. The van der Waals surface area contributed by atoms with E-state index in [1.807, 2.05) is 13.8 Å². The number of rotatable bonds is 6. The largest absolute Gasteiger partial charge is 0.377 e. The van der Waals surface area contributed by atoms with Gasteiger partial charge in [0.05, 0.1) is 35.6 Å². The van der Waals surface area contributed by atoms with Gasteiger partial charge in [-0.2, -0.15) is 0 Å². The normalized spacial score (nSPS) is 18.1. The van der Waals surface area contributed by atoms with E-state index in [4.69, 9.17) is 14.5 Å². The first kappa shape index (κ1) is 25.3. The summed E-state index contributed by atoms with van der Waals surface area (Å²) in [6.07, 6.45) is 4.39. The smallest absolute Gasteiger partial charge is 0.269 e. The van der Waals surface area contributed by atoms with Crippen LogP contribution in [0.2, 0.25) is 0 Å². The molecule has 1 aliphatic heterocycles. The Bertz CT molecular complexity index is 1680. The van der Waals surface area contributed by atoms with Crippen molar-refractivity contribution in [2.45, 2.75) is 30.5 Å². The summed E-state index contributed by atoms with van der Waals surface area (Å²) in [6.45, 7) is 5.68. The molecule has 0 unspecified atom stereocenters. The summed E-state index contributed by atoms with van der Waals surface area (Å²) in [5, 5.41) is 0.569. The minimum Gasteiger partial charge on any atom is -0.377 e. The predicted molar refractivity (Wildman–Crippen MR) is 143 cm³/mol. The quantitative estimate of drug-likeness (QED) is 0.394. The Morgan fingerprint density at radius 2 is 1.86 bits per heavy atom. The number of anilines is 1. The van der Waals surface area contributed by atoms with Crippen molar-refractivity contribution < 1.29 is 17.4 Å². The minimum absolute atomic E-state index is 0.0225. The highest BCUT2D eigenvalue weighted by molar-refractivity contribution is 7.91. The second-order valence-electron chi connectivity index (χ2n) is 9.33. The molecular weight excluding hydrogens is 512 g/mol. The van der Waals surface area contributed by atoms with Crippen LogP contribution in [0.1, 0.15) is 18.2 Å². The number of pyridine rings is 1. The summed E-state index contributed by atoms with van der Waals surface area (Å²) in [6, 6.07) is 11.9. The van der Waals surface area contributed by atoms with Gasteiger partial charge in [-0.05, 0) is 38.1 Å². The summed E-state index contributed by atoms with van der Waals surface area (Å²) < 4.78 is 53.8. The zero-order valence-electron chi connectivity index (χ0n) is 20.8. The minimum atomic E-state index is -3.87. The van der Waals surface area contributed by atoms with Gasteiger partial charge in [0, 0.05) is 51.9 Å². The molecule has 1 fully saturated rings. The van der Waals surface area contributed by atoms with Crippen LogP contribution in [0.4, 0.5) is 5.82 Å². The Kier molecular flexibility index (Phi) is 6.50. The SMILES string of the molecule is Cc1ccc(S(=O)(=O)n2ccc3c(-c4nc(C[S@](C)(=N)=O)cc(N5CCOC[C@H]5C)n4)ccnc32)cc1. The highest BCUT2D eigenvalue weighted by Crippen LogP contribution is 2.30. The van der Waals surface area contributed by atoms with Gasteiger partial charge in [0.1, 0.15) is 5.82 Å². The Labute approximate surface area is 216 Å². The van der Waals surface area contributed by atoms with Crippen LogP contribution >= 0.6 is 0 Å². The summed E-state index contributed by atoms with van der Waals surface area (Å²) in [5.41, 5.74) is 2.30. The number of ether oxygens (including phenoxy) is 1. The highest BCUT2D eigenvalue weighted by atomic mass is 32.2. The molecule has 5 rings (SSSR count). The van der Waals surface area contributed by atoms with Crippen molar-refractivity contribution in [1.82, 2.24) is 18.9 Å². The van der Waals surface area contributed by atoms with Crippen LogP contribution in [0, 0.1) is 11.7 Å². The van der Waals surface area contributed by atoms with E-state index >= 15 is 0 Å².